The van der Waals surface area contributed by atoms with E-state index in [2.05, 4.69) is 16.8 Å². The van der Waals surface area contributed by atoms with Gasteiger partial charge in [-0.1, -0.05) is 36.0 Å². The molecule has 0 saturated carbocycles. The van der Waals surface area contributed by atoms with Crippen molar-refractivity contribution < 1.29 is 9.13 Å². The molecule has 0 saturated heterocycles. The minimum Gasteiger partial charge on any atom is -0.497 e. The Kier molecular flexibility index (Phi) is 5.50. The third-order valence-electron chi connectivity index (χ3n) is 3.69. The largest absolute Gasteiger partial charge is 0.497 e. The van der Waals surface area contributed by atoms with Crippen LogP contribution in [0.2, 0.25) is 0 Å². The number of allylic oxidation sites excluding steroid dienone is 1. The lowest BCUT2D eigenvalue weighted by Crippen LogP contribution is -2.01. The van der Waals surface area contributed by atoms with Gasteiger partial charge in [0.2, 0.25) is 0 Å². The number of halogens is 1. The van der Waals surface area contributed by atoms with Crippen molar-refractivity contribution in [3.05, 3.63) is 72.6 Å². The first-order valence-corrected chi connectivity index (χ1v) is 8.76. The summed E-state index contributed by atoms with van der Waals surface area (Å²) in [5, 5.41) is 9.31. The van der Waals surface area contributed by atoms with Gasteiger partial charge in [-0.3, -0.25) is 4.57 Å². The first kappa shape index (κ1) is 17.2. The van der Waals surface area contributed by atoms with Crippen LogP contribution in [0.1, 0.15) is 5.56 Å². The molecule has 1 heterocycles. The molecule has 0 bridgehead atoms. The summed E-state index contributed by atoms with van der Waals surface area (Å²) >= 11 is 1.45. The Morgan fingerprint density at radius 2 is 1.92 bits per heavy atom. The number of ether oxygens (including phenoxy) is 1. The molecule has 0 radical (unpaired) electrons. The zero-order valence-electron chi connectivity index (χ0n) is 13.9. The topological polar surface area (TPSA) is 39.9 Å². The van der Waals surface area contributed by atoms with E-state index in [1.165, 1.54) is 17.8 Å². The molecule has 0 amide bonds. The monoisotopic (exact) mass is 355 g/mol. The van der Waals surface area contributed by atoms with Crippen LogP contribution >= 0.6 is 11.8 Å². The molecule has 1 aromatic heterocycles. The SMILES string of the molecule is C=CCn1c(SCc2ccccc2F)nnc1-c1ccc(OC)cc1. The lowest BCUT2D eigenvalue weighted by atomic mass is 10.2. The lowest BCUT2D eigenvalue weighted by molar-refractivity contribution is 0.415. The summed E-state index contributed by atoms with van der Waals surface area (Å²) in [5.41, 5.74) is 1.58. The quantitative estimate of drug-likeness (QED) is 0.460. The van der Waals surface area contributed by atoms with Crippen molar-refractivity contribution in [2.24, 2.45) is 0 Å². The standard InChI is InChI=1S/C19H18FN3OS/c1-3-12-23-18(14-8-10-16(24-2)11-9-14)21-22-19(23)25-13-15-6-4-5-7-17(15)20/h3-11H,1,12-13H2,2H3. The van der Waals surface area contributed by atoms with E-state index in [9.17, 15) is 4.39 Å². The van der Waals surface area contributed by atoms with E-state index < -0.39 is 0 Å². The molecule has 0 spiro atoms. The van der Waals surface area contributed by atoms with Crippen LogP contribution < -0.4 is 4.74 Å². The van der Waals surface area contributed by atoms with Crippen LogP contribution in [0.5, 0.6) is 5.75 Å². The third kappa shape index (κ3) is 3.91. The Hall–Kier alpha value is -2.60. The fourth-order valence-electron chi connectivity index (χ4n) is 2.40. The van der Waals surface area contributed by atoms with Gasteiger partial charge in [0.15, 0.2) is 11.0 Å². The summed E-state index contributed by atoms with van der Waals surface area (Å²) in [6, 6.07) is 14.4. The van der Waals surface area contributed by atoms with Gasteiger partial charge in [-0.25, -0.2) is 4.39 Å². The number of thioether (sulfide) groups is 1. The van der Waals surface area contributed by atoms with Crippen molar-refractivity contribution in [3.8, 4) is 17.1 Å². The number of aromatic nitrogens is 3. The predicted octanol–water partition coefficient (Wildman–Crippen LogP) is 4.57. The van der Waals surface area contributed by atoms with Crippen molar-refractivity contribution >= 4 is 11.8 Å². The highest BCUT2D eigenvalue weighted by atomic mass is 32.2. The Morgan fingerprint density at radius 1 is 1.16 bits per heavy atom. The zero-order chi connectivity index (χ0) is 17.6. The van der Waals surface area contributed by atoms with Crippen molar-refractivity contribution in [2.45, 2.75) is 17.5 Å². The molecule has 0 atom stereocenters. The summed E-state index contributed by atoms with van der Waals surface area (Å²) in [6.07, 6.45) is 1.80. The maximum absolute atomic E-state index is 13.8. The second kappa shape index (κ2) is 7.98. The number of hydrogen-bond acceptors (Lipinski definition) is 4. The molecule has 0 aliphatic carbocycles. The Balaban J connectivity index is 1.86. The molecule has 128 valence electrons. The van der Waals surface area contributed by atoms with Crippen molar-refractivity contribution in [1.29, 1.82) is 0 Å². The summed E-state index contributed by atoms with van der Waals surface area (Å²) in [6.45, 7) is 4.38. The van der Waals surface area contributed by atoms with Crippen LogP contribution in [0.15, 0.2) is 66.3 Å². The van der Waals surface area contributed by atoms with Crippen LogP contribution in [0.3, 0.4) is 0 Å². The minimum atomic E-state index is -0.208. The first-order valence-electron chi connectivity index (χ1n) is 7.77. The maximum Gasteiger partial charge on any atom is 0.192 e. The van der Waals surface area contributed by atoms with Crippen LogP contribution in [0, 0.1) is 5.82 Å². The number of rotatable bonds is 7. The Bertz CT molecular complexity index is 861. The fourth-order valence-corrected chi connectivity index (χ4v) is 3.33. The third-order valence-corrected chi connectivity index (χ3v) is 4.71. The average Bonchev–Trinajstić information content (AvgIpc) is 3.04. The molecule has 0 aliphatic rings. The maximum atomic E-state index is 13.8. The lowest BCUT2D eigenvalue weighted by Gasteiger charge is -2.08. The van der Waals surface area contributed by atoms with E-state index in [4.69, 9.17) is 4.74 Å². The Labute approximate surface area is 150 Å². The van der Waals surface area contributed by atoms with Gasteiger partial charge in [-0.15, -0.1) is 16.8 Å². The summed E-state index contributed by atoms with van der Waals surface area (Å²) in [5.74, 6) is 1.82. The molecule has 2 aromatic carbocycles. The number of methoxy groups -OCH3 is 1. The van der Waals surface area contributed by atoms with Gasteiger partial charge in [0.1, 0.15) is 11.6 Å². The van der Waals surface area contributed by atoms with E-state index >= 15 is 0 Å². The van der Waals surface area contributed by atoms with E-state index in [1.54, 1.807) is 25.3 Å². The van der Waals surface area contributed by atoms with E-state index in [-0.39, 0.29) is 5.82 Å². The number of benzene rings is 2. The van der Waals surface area contributed by atoms with Crippen molar-refractivity contribution in [2.75, 3.05) is 7.11 Å². The highest BCUT2D eigenvalue weighted by molar-refractivity contribution is 7.98. The van der Waals surface area contributed by atoms with E-state index in [0.29, 0.717) is 17.9 Å². The molecule has 0 N–H and O–H groups in total. The molecular formula is C19H18FN3OS. The van der Waals surface area contributed by atoms with Crippen LogP contribution in [-0.2, 0) is 12.3 Å². The van der Waals surface area contributed by atoms with E-state index in [1.807, 2.05) is 34.9 Å². The summed E-state index contributed by atoms with van der Waals surface area (Å²) < 4.78 is 21.0. The molecule has 0 aliphatic heterocycles. The molecule has 3 rings (SSSR count). The van der Waals surface area contributed by atoms with E-state index in [0.717, 1.165) is 22.3 Å². The van der Waals surface area contributed by atoms with Crippen LogP contribution in [0.25, 0.3) is 11.4 Å². The average molecular weight is 355 g/mol. The predicted molar refractivity (Wildman–Crippen MR) is 98.2 cm³/mol. The molecule has 4 nitrogen and oxygen atoms in total. The Morgan fingerprint density at radius 3 is 2.60 bits per heavy atom. The molecule has 0 unspecified atom stereocenters. The summed E-state index contributed by atoms with van der Waals surface area (Å²) in [4.78, 5) is 0. The van der Waals surface area contributed by atoms with Gasteiger partial charge in [0.25, 0.3) is 0 Å². The van der Waals surface area contributed by atoms with Gasteiger partial charge in [-0.05, 0) is 35.9 Å². The normalized spacial score (nSPS) is 10.6. The molecular weight excluding hydrogens is 337 g/mol. The van der Waals surface area contributed by atoms with Crippen molar-refractivity contribution in [1.82, 2.24) is 14.8 Å². The first-order chi connectivity index (χ1) is 12.2. The molecule has 0 fully saturated rings. The second-order valence-electron chi connectivity index (χ2n) is 5.31. The van der Waals surface area contributed by atoms with Gasteiger partial charge < -0.3 is 4.74 Å². The molecule has 3 aromatic rings. The molecule has 25 heavy (non-hydrogen) atoms. The van der Waals surface area contributed by atoms with Gasteiger partial charge >= 0.3 is 0 Å². The number of hydrogen-bond donors (Lipinski definition) is 0. The van der Waals surface area contributed by atoms with Crippen LogP contribution in [0.4, 0.5) is 4.39 Å². The highest BCUT2D eigenvalue weighted by Crippen LogP contribution is 2.28. The smallest absolute Gasteiger partial charge is 0.192 e. The van der Waals surface area contributed by atoms with Gasteiger partial charge in [0.05, 0.1) is 7.11 Å². The van der Waals surface area contributed by atoms with Gasteiger partial charge in [-0.2, -0.15) is 0 Å². The fraction of sp³-hybridized carbons (Fsp3) is 0.158. The zero-order valence-corrected chi connectivity index (χ0v) is 14.7. The second-order valence-corrected chi connectivity index (χ2v) is 6.26. The van der Waals surface area contributed by atoms with Crippen molar-refractivity contribution in [3.63, 3.8) is 0 Å². The van der Waals surface area contributed by atoms with Crippen LogP contribution in [-0.4, -0.2) is 21.9 Å². The summed E-state index contributed by atoms with van der Waals surface area (Å²) in [7, 11) is 1.63. The van der Waals surface area contributed by atoms with Gasteiger partial charge in [0, 0.05) is 17.9 Å². The minimum absolute atomic E-state index is 0.208. The number of nitrogens with zero attached hydrogens (tertiary/aromatic N) is 3. The molecule has 6 heteroatoms. The highest BCUT2D eigenvalue weighted by Gasteiger charge is 2.14.